The van der Waals surface area contributed by atoms with Gasteiger partial charge in [-0.1, -0.05) is 19.1 Å². The summed E-state index contributed by atoms with van der Waals surface area (Å²) in [5, 5.41) is 8.92. The summed E-state index contributed by atoms with van der Waals surface area (Å²) in [6.07, 6.45) is 0.445. The van der Waals surface area contributed by atoms with E-state index in [0.29, 0.717) is 17.7 Å². The normalized spacial score (nSPS) is 11.3. The van der Waals surface area contributed by atoms with Crippen LogP contribution in [0, 0.1) is 0 Å². The van der Waals surface area contributed by atoms with Crippen LogP contribution in [0.1, 0.15) is 25.8 Å². The molecule has 0 saturated heterocycles. The van der Waals surface area contributed by atoms with Crippen LogP contribution in [0.3, 0.4) is 0 Å². The van der Waals surface area contributed by atoms with Crippen LogP contribution >= 0.6 is 0 Å². The monoisotopic (exact) mass is 271 g/mol. The van der Waals surface area contributed by atoms with Crippen molar-refractivity contribution in [3.63, 3.8) is 0 Å². The van der Waals surface area contributed by atoms with Crippen LogP contribution in [0.5, 0.6) is 0 Å². The van der Waals surface area contributed by atoms with Crippen molar-refractivity contribution < 1.29 is 18.3 Å². The van der Waals surface area contributed by atoms with E-state index in [9.17, 15) is 13.2 Å². The molecule has 0 aromatic heterocycles. The second-order valence-corrected chi connectivity index (χ2v) is 5.86. The molecule has 0 heterocycles. The van der Waals surface area contributed by atoms with Gasteiger partial charge in [0.15, 0.2) is 0 Å². The SMILES string of the molecule is CCCS(=O)(=O)N(C(C)=O)c1ccc(CO)cc1. The zero-order valence-electron chi connectivity index (χ0n) is 10.5. The molecule has 0 aliphatic heterocycles. The quantitative estimate of drug-likeness (QED) is 0.875. The number of rotatable bonds is 5. The zero-order chi connectivity index (χ0) is 13.8. The molecule has 1 aromatic rings. The van der Waals surface area contributed by atoms with Crippen molar-refractivity contribution in [1.82, 2.24) is 0 Å². The maximum Gasteiger partial charge on any atom is 0.241 e. The van der Waals surface area contributed by atoms with E-state index in [1.807, 2.05) is 0 Å². The highest BCUT2D eigenvalue weighted by molar-refractivity contribution is 7.93. The first kappa shape index (κ1) is 14.7. The average Bonchev–Trinajstić information content (AvgIpc) is 2.29. The molecule has 6 heteroatoms. The van der Waals surface area contributed by atoms with Gasteiger partial charge < -0.3 is 5.11 Å². The lowest BCUT2D eigenvalue weighted by atomic mass is 10.2. The van der Waals surface area contributed by atoms with Gasteiger partial charge in [-0.15, -0.1) is 0 Å². The molecule has 0 atom stereocenters. The van der Waals surface area contributed by atoms with Gasteiger partial charge in [0, 0.05) is 6.92 Å². The third-order valence-electron chi connectivity index (χ3n) is 2.38. The predicted molar refractivity (Wildman–Crippen MR) is 69.6 cm³/mol. The summed E-state index contributed by atoms with van der Waals surface area (Å²) in [6.45, 7) is 2.83. The number of sulfonamides is 1. The van der Waals surface area contributed by atoms with Crippen LogP contribution in [0.2, 0.25) is 0 Å². The highest BCUT2D eigenvalue weighted by Crippen LogP contribution is 2.20. The van der Waals surface area contributed by atoms with Crippen molar-refractivity contribution in [2.24, 2.45) is 0 Å². The number of hydrogen-bond acceptors (Lipinski definition) is 4. The van der Waals surface area contributed by atoms with Crippen LogP contribution in [0.15, 0.2) is 24.3 Å². The standard InChI is InChI=1S/C12H17NO4S/c1-3-8-18(16,17)13(10(2)15)12-6-4-11(9-14)5-7-12/h4-7,14H,3,8-9H2,1-2H3. The minimum Gasteiger partial charge on any atom is -0.392 e. The van der Waals surface area contributed by atoms with Crippen molar-refractivity contribution in [2.75, 3.05) is 10.1 Å². The van der Waals surface area contributed by atoms with Gasteiger partial charge in [0.2, 0.25) is 15.9 Å². The van der Waals surface area contributed by atoms with Gasteiger partial charge in [-0.3, -0.25) is 4.79 Å². The molecule has 0 aliphatic carbocycles. The molecule has 1 aromatic carbocycles. The van der Waals surface area contributed by atoms with Crippen LogP contribution in [0.4, 0.5) is 5.69 Å². The van der Waals surface area contributed by atoms with Crippen molar-refractivity contribution in [2.45, 2.75) is 26.9 Å². The van der Waals surface area contributed by atoms with Gasteiger partial charge in [-0.05, 0) is 24.1 Å². The van der Waals surface area contributed by atoms with Crippen molar-refractivity contribution >= 4 is 21.6 Å². The summed E-state index contributed by atoms with van der Waals surface area (Å²) in [5.41, 5.74) is 0.961. The number of carbonyl (C=O) groups is 1. The summed E-state index contributed by atoms with van der Waals surface area (Å²) in [7, 11) is -3.62. The number of nitrogens with zero attached hydrogens (tertiary/aromatic N) is 1. The Morgan fingerprint density at radius 2 is 1.83 bits per heavy atom. The highest BCUT2D eigenvalue weighted by atomic mass is 32.2. The van der Waals surface area contributed by atoms with Gasteiger partial charge in [0.05, 0.1) is 18.0 Å². The van der Waals surface area contributed by atoms with E-state index in [-0.39, 0.29) is 12.4 Å². The Balaban J connectivity index is 3.16. The molecule has 0 saturated carbocycles. The number of benzene rings is 1. The smallest absolute Gasteiger partial charge is 0.241 e. The van der Waals surface area contributed by atoms with Crippen LogP contribution in [-0.2, 0) is 21.4 Å². The third-order valence-corrected chi connectivity index (χ3v) is 4.33. The van der Waals surface area contributed by atoms with Gasteiger partial charge in [-0.25, -0.2) is 12.7 Å². The minimum atomic E-state index is -3.62. The van der Waals surface area contributed by atoms with E-state index < -0.39 is 15.9 Å². The fraction of sp³-hybridized carbons (Fsp3) is 0.417. The molecule has 5 nitrogen and oxygen atoms in total. The molecule has 0 fully saturated rings. The lowest BCUT2D eigenvalue weighted by molar-refractivity contribution is -0.115. The summed E-state index contributed by atoms with van der Waals surface area (Å²) in [6, 6.07) is 6.21. The average molecular weight is 271 g/mol. The Labute approximate surface area is 107 Å². The number of aliphatic hydroxyl groups excluding tert-OH is 1. The fourth-order valence-electron chi connectivity index (χ4n) is 1.62. The first-order chi connectivity index (χ1) is 8.42. The minimum absolute atomic E-state index is 0.0751. The van der Waals surface area contributed by atoms with Gasteiger partial charge in [0.1, 0.15) is 0 Å². The Kier molecular flexibility index (Phi) is 4.86. The summed E-state index contributed by atoms with van der Waals surface area (Å²) in [5.74, 6) is -0.617. The topological polar surface area (TPSA) is 74.7 Å². The zero-order valence-corrected chi connectivity index (χ0v) is 11.3. The molecule has 1 rings (SSSR count). The number of aliphatic hydroxyl groups is 1. The van der Waals surface area contributed by atoms with Crippen molar-refractivity contribution in [1.29, 1.82) is 0 Å². The second-order valence-electron chi connectivity index (χ2n) is 3.92. The molecule has 100 valence electrons. The molecule has 0 bridgehead atoms. The third kappa shape index (κ3) is 3.30. The number of amides is 1. The number of anilines is 1. The Morgan fingerprint density at radius 1 is 1.28 bits per heavy atom. The fourth-order valence-corrected chi connectivity index (χ4v) is 3.16. The van der Waals surface area contributed by atoms with E-state index in [4.69, 9.17) is 5.11 Å². The molecule has 0 spiro atoms. The van der Waals surface area contributed by atoms with E-state index in [0.717, 1.165) is 4.31 Å². The van der Waals surface area contributed by atoms with E-state index in [1.165, 1.54) is 19.1 Å². The molecule has 1 N–H and O–H groups in total. The van der Waals surface area contributed by atoms with Gasteiger partial charge >= 0.3 is 0 Å². The Bertz CT molecular complexity index is 507. The highest BCUT2D eigenvalue weighted by Gasteiger charge is 2.25. The summed E-state index contributed by atoms with van der Waals surface area (Å²) >= 11 is 0. The van der Waals surface area contributed by atoms with Gasteiger partial charge in [0.25, 0.3) is 0 Å². The predicted octanol–water partition coefficient (Wildman–Crippen LogP) is 1.27. The van der Waals surface area contributed by atoms with Gasteiger partial charge in [-0.2, -0.15) is 0 Å². The first-order valence-corrected chi connectivity index (χ1v) is 7.26. The summed E-state index contributed by atoms with van der Waals surface area (Å²) < 4.78 is 24.8. The maximum atomic E-state index is 12.0. The number of hydrogen-bond donors (Lipinski definition) is 1. The molecular weight excluding hydrogens is 254 g/mol. The molecular formula is C12H17NO4S. The van der Waals surface area contributed by atoms with E-state index in [2.05, 4.69) is 0 Å². The van der Waals surface area contributed by atoms with Crippen LogP contribution < -0.4 is 4.31 Å². The Morgan fingerprint density at radius 3 is 2.22 bits per heavy atom. The van der Waals surface area contributed by atoms with Crippen molar-refractivity contribution in [3.05, 3.63) is 29.8 Å². The molecule has 0 aliphatic rings. The van der Waals surface area contributed by atoms with E-state index in [1.54, 1.807) is 19.1 Å². The number of carbonyl (C=O) groups excluding carboxylic acids is 1. The first-order valence-electron chi connectivity index (χ1n) is 5.65. The second kappa shape index (κ2) is 5.97. The summed E-state index contributed by atoms with van der Waals surface area (Å²) in [4.78, 5) is 11.5. The largest absolute Gasteiger partial charge is 0.392 e. The van der Waals surface area contributed by atoms with Crippen LogP contribution in [0.25, 0.3) is 0 Å². The van der Waals surface area contributed by atoms with Crippen LogP contribution in [-0.4, -0.2) is 25.2 Å². The Hall–Kier alpha value is -1.40. The van der Waals surface area contributed by atoms with Crippen molar-refractivity contribution in [3.8, 4) is 0 Å². The maximum absolute atomic E-state index is 12.0. The molecule has 0 radical (unpaired) electrons. The molecule has 1 amide bonds. The van der Waals surface area contributed by atoms with E-state index >= 15 is 0 Å². The molecule has 18 heavy (non-hydrogen) atoms. The molecule has 0 unspecified atom stereocenters. The lowest BCUT2D eigenvalue weighted by Crippen LogP contribution is -2.36. The lowest BCUT2D eigenvalue weighted by Gasteiger charge is -2.20.